The summed E-state index contributed by atoms with van der Waals surface area (Å²) in [4.78, 5) is 11.7. The fraction of sp³-hybridized carbons (Fsp3) is 0.400. The van der Waals surface area contributed by atoms with E-state index in [4.69, 9.17) is 5.11 Å². The van der Waals surface area contributed by atoms with Crippen LogP contribution >= 0.6 is 15.9 Å². The predicted molar refractivity (Wildman–Crippen MR) is 66.9 cm³/mol. The standard InChI is InChI=1S/C10H11BrF3N3O2/c1-2-3-17-9(19)8(11)6(4-16-17)15-5-7(18)10(12,13)14/h2,4,7,15,18H,1,3,5H2. The van der Waals surface area contributed by atoms with Crippen LogP contribution in [0.5, 0.6) is 0 Å². The lowest BCUT2D eigenvalue weighted by Gasteiger charge is -2.16. The molecule has 0 bridgehead atoms. The van der Waals surface area contributed by atoms with Gasteiger partial charge in [0.25, 0.3) is 5.56 Å². The van der Waals surface area contributed by atoms with Crippen molar-refractivity contribution in [3.63, 3.8) is 0 Å². The molecule has 1 aromatic rings. The van der Waals surface area contributed by atoms with Crippen LogP contribution in [-0.4, -0.2) is 33.7 Å². The third kappa shape index (κ3) is 4.06. The number of alkyl halides is 3. The number of anilines is 1. The van der Waals surface area contributed by atoms with Gasteiger partial charge in [0.15, 0.2) is 6.10 Å². The third-order valence-electron chi connectivity index (χ3n) is 2.15. The zero-order valence-corrected chi connectivity index (χ0v) is 11.2. The molecule has 0 amide bonds. The maximum Gasteiger partial charge on any atom is 0.416 e. The van der Waals surface area contributed by atoms with E-state index >= 15 is 0 Å². The molecule has 19 heavy (non-hydrogen) atoms. The zero-order valence-electron chi connectivity index (χ0n) is 9.62. The molecule has 0 fully saturated rings. The van der Waals surface area contributed by atoms with Gasteiger partial charge in [-0.05, 0) is 15.9 Å². The molecule has 1 unspecified atom stereocenters. The summed E-state index contributed by atoms with van der Waals surface area (Å²) in [6.07, 6.45) is -4.58. The molecular weight excluding hydrogens is 331 g/mol. The highest BCUT2D eigenvalue weighted by Crippen LogP contribution is 2.21. The Hall–Kier alpha value is -1.35. The highest BCUT2D eigenvalue weighted by Gasteiger charge is 2.37. The Bertz CT molecular complexity index is 516. The number of aliphatic hydroxyl groups is 1. The average molecular weight is 342 g/mol. The van der Waals surface area contributed by atoms with Gasteiger partial charge >= 0.3 is 6.18 Å². The molecule has 9 heteroatoms. The number of hydrogen-bond acceptors (Lipinski definition) is 4. The van der Waals surface area contributed by atoms with Crippen molar-refractivity contribution in [3.8, 4) is 0 Å². The molecule has 0 spiro atoms. The Morgan fingerprint density at radius 1 is 1.63 bits per heavy atom. The number of rotatable bonds is 5. The van der Waals surface area contributed by atoms with Crippen molar-refractivity contribution >= 4 is 21.6 Å². The van der Waals surface area contributed by atoms with Crippen molar-refractivity contribution in [2.45, 2.75) is 18.8 Å². The Kier molecular flexibility index (Phi) is 5.12. The molecule has 1 aromatic heterocycles. The third-order valence-corrected chi connectivity index (χ3v) is 2.92. The first-order chi connectivity index (χ1) is 8.77. The summed E-state index contributed by atoms with van der Waals surface area (Å²) in [5.74, 6) is 0. The van der Waals surface area contributed by atoms with Gasteiger partial charge in [-0.25, -0.2) is 4.68 Å². The van der Waals surface area contributed by atoms with Crippen LogP contribution in [0.2, 0.25) is 0 Å². The molecule has 5 nitrogen and oxygen atoms in total. The summed E-state index contributed by atoms with van der Waals surface area (Å²) in [6.45, 7) is 2.86. The van der Waals surface area contributed by atoms with Crippen LogP contribution in [0, 0.1) is 0 Å². The monoisotopic (exact) mass is 341 g/mol. The van der Waals surface area contributed by atoms with Crippen LogP contribution in [0.3, 0.4) is 0 Å². The minimum atomic E-state index is -4.72. The molecule has 0 aliphatic rings. The highest BCUT2D eigenvalue weighted by molar-refractivity contribution is 9.10. The summed E-state index contributed by atoms with van der Waals surface area (Å²) < 4.78 is 37.4. The molecule has 1 atom stereocenters. The smallest absolute Gasteiger partial charge is 0.382 e. The normalized spacial score (nSPS) is 13.1. The van der Waals surface area contributed by atoms with Gasteiger partial charge in [0.05, 0.1) is 18.4 Å². The van der Waals surface area contributed by atoms with Crippen LogP contribution < -0.4 is 10.9 Å². The Labute approximate surface area is 114 Å². The van der Waals surface area contributed by atoms with Crippen LogP contribution in [0.25, 0.3) is 0 Å². The number of allylic oxidation sites excluding steroid dienone is 1. The van der Waals surface area contributed by atoms with Crippen molar-refractivity contribution in [1.29, 1.82) is 0 Å². The van der Waals surface area contributed by atoms with E-state index in [0.29, 0.717) is 0 Å². The summed E-state index contributed by atoms with van der Waals surface area (Å²) >= 11 is 2.97. The molecule has 106 valence electrons. The lowest BCUT2D eigenvalue weighted by molar-refractivity contribution is -0.198. The SMILES string of the molecule is C=CCn1ncc(NCC(O)C(F)(F)F)c(Br)c1=O. The Morgan fingerprint density at radius 2 is 2.26 bits per heavy atom. The topological polar surface area (TPSA) is 67.2 Å². The molecule has 0 aliphatic heterocycles. The predicted octanol–water partition coefficient (Wildman–Crippen LogP) is 1.53. The first-order valence-corrected chi connectivity index (χ1v) is 5.91. The van der Waals surface area contributed by atoms with Gasteiger partial charge in [0.2, 0.25) is 0 Å². The number of hydrogen-bond donors (Lipinski definition) is 2. The number of nitrogens with one attached hydrogen (secondary N) is 1. The second kappa shape index (κ2) is 6.20. The van der Waals surface area contributed by atoms with Gasteiger partial charge < -0.3 is 10.4 Å². The molecule has 1 rings (SSSR count). The highest BCUT2D eigenvalue weighted by atomic mass is 79.9. The van der Waals surface area contributed by atoms with Crippen molar-refractivity contribution in [2.24, 2.45) is 0 Å². The molecular formula is C10H11BrF3N3O2. The van der Waals surface area contributed by atoms with Gasteiger partial charge in [0, 0.05) is 6.54 Å². The summed E-state index contributed by atoms with van der Waals surface area (Å²) in [5.41, 5.74) is -0.431. The van der Waals surface area contributed by atoms with Gasteiger partial charge in [-0.15, -0.1) is 6.58 Å². The molecule has 2 N–H and O–H groups in total. The van der Waals surface area contributed by atoms with E-state index in [1.165, 1.54) is 12.3 Å². The van der Waals surface area contributed by atoms with Gasteiger partial charge in [-0.3, -0.25) is 4.79 Å². The number of nitrogens with zero attached hydrogens (tertiary/aromatic N) is 2. The average Bonchev–Trinajstić information content (AvgIpc) is 2.32. The fourth-order valence-electron chi connectivity index (χ4n) is 1.16. The van der Waals surface area contributed by atoms with E-state index in [-0.39, 0.29) is 16.7 Å². The van der Waals surface area contributed by atoms with Crippen LogP contribution in [0.1, 0.15) is 0 Å². The summed E-state index contributed by atoms with van der Waals surface area (Å²) in [7, 11) is 0. The molecule has 0 aliphatic carbocycles. The first-order valence-electron chi connectivity index (χ1n) is 5.12. The number of aromatic nitrogens is 2. The van der Waals surface area contributed by atoms with E-state index in [2.05, 4.69) is 32.9 Å². The quantitative estimate of drug-likeness (QED) is 0.797. The molecule has 0 saturated carbocycles. The van der Waals surface area contributed by atoms with Gasteiger partial charge in [-0.1, -0.05) is 6.08 Å². The minimum absolute atomic E-state index is 0.0405. The van der Waals surface area contributed by atoms with E-state index in [1.807, 2.05) is 0 Å². The molecule has 0 radical (unpaired) electrons. The maximum atomic E-state index is 12.1. The van der Waals surface area contributed by atoms with E-state index < -0.39 is 24.4 Å². The number of aliphatic hydroxyl groups excluding tert-OH is 1. The zero-order chi connectivity index (χ0) is 14.6. The largest absolute Gasteiger partial charge is 0.416 e. The Morgan fingerprint density at radius 3 is 2.79 bits per heavy atom. The first kappa shape index (κ1) is 15.7. The van der Waals surface area contributed by atoms with Crippen molar-refractivity contribution < 1.29 is 18.3 Å². The minimum Gasteiger partial charge on any atom is -0.382 e. The van der Waals surface area contributed by atoms with Crippen molar-refractivity contribution in [2.75, 3.05) is 11.9 Å². The lowest BCUT2D eigenvalue weighted by atomic mass is 10.3. The maximum absolute atomic E-state index is 12.1. The summed E-state index contributed by atoms with van der Waals surface area (Å²) in [5, 5.41) is 14.9. The Balaban J connectivity index is 2.84. The van der Waals surface area contributed by atoms with Crippen LogP contribution in [0.4, 0.5) is 18.9 Å². The fourth-order valence-corrected chi connectivity index (χ4v) is 1.61. The van der Waals surface area contributed by atoms with Crippen molar-refractivity contribution in [1.82, 2.24) is 9.78 Å². The molecule has 1 heterocycles. The van der Waals surface area contributed by atoms with Crippen LogP contribution in [0.15, 0.2) is 28.1 Å². The lowest BCUT2D eigenvalue weighted by Crippen LogP contribution is -2.35. The van der Waals surface area contributed by atoms with E-state index in [9.17, 15) is 18.0 Å². The van der Waals surface area contributed by atoms with Crippen molar-refractivity contribution in [3.05, 3.63) is 33.7 Å². The molecule has 0 saturated heterocycles. The number of halogens is 4. The molecule has 0 aromatic carbocycles. The second-order valence-corrected chi connectivity index (χ2v) is 4.38. The van der Waals surface area contributed by atoms with E-state index in [1.54, 1.807) is 0 Å². The van der Waals surface area contributed by atoms with E-state index in [0.717, 1.165) is 4.68 Å². The van der Waals surface area contributed by atoms with Gasteiger partial charge in [0.1, 0.15) is 4.47 Å². The van der Waals surface area contributed by atoms with Gasteiger partial charge in [-0.2, -0.15) is 18.3 Å². The summed E-state index contributed by atoms with van der Waals surface area (Å²) in [6, 6.07) is 0. The van der Waals surface area contributed by atoms with Crippen LogP contribution in [-0.2, 0) is 6.54 Å². The second-order valence-electron chi connectivity index (χ2n) is 3.59.